The van der Waals surface area contributed by atoms with Crippen LogP contribution >= 0.6 is 0 Å². The zero-order valence-corrected chi connectivity index (χ0v) is 10.4. The summed E-state index contributed by atoms with van der Waals surface area (Å²) in [5.41, 5.74) is 0. The van der Waals surface area contributed by atoms with Gasteiger partial charge in [-0.1, -0.05) is 0 Å². The second kappa shape index (κ2) is 17.6. The number of hydrogen-bond donors (Lipinski definition) is 0. The van der Waals surface area contributed by atoms with Gasteiger partial charge in [0.15, 0.2) is 0 Å². The van der Waals surface area contributed by atoms with Crippen molar-refractivity contribution in [2.75, 3.05) is 0 Å². The summed E-state index contributed by atoms with van der Waals surface area (Å²) in [7, 11) is 0. The van der Waals surface area contributed by atoms with E-state index in [9.17, 15) is 0 Å². The van der Waals surface area contributed by atoms with Crippen LogP contribution in [0.4, 0.5) is 0 Å². The van der Waals surface area contributed by atoms with Crippen LogP contribution in [0.25, 0.3) is 0 Å². The van der Waals surface area contributed by atoms with Crippen molar-refractivity contribution < 1.29 is 79.7 Å². The predicted octanol–water partition coefficient (Wildman–Crippen LogP) is -0.0100. The molecule has 0 nitrogen and oxygen atoms in total. The van der Waals surface area contributed by atoms with Crippen molar-refractivity contribution in [1.82, 2.24) is 0 Å². The maximum Gasteiger partial charge on any atom is 0 e. The Hall–Kier alpha value is 2.56. The summed E-state index contributed by atoms with van der Waals surface area (Å²) in [5.74, 6) is 0. The monoisotopic (exact) mass is 524 g/mol. The SMILES string of the molecule is [Mo].[Ni].[W].[W]. The van der Waals surface area contributed by atoms with Gasteiger partial charge >= 0.3 is 0 Å². The van der Waals surface area contributed by atoms with Crippen LogP contribution < -0.4 is 0 Å². The van der Waals surface area contributed by atoms with Crippen LogP contribution in [0.3, 0.4) is 0 Å². The average Bonchev–Trinajstić information content (AvgIpc) is 0. The van der Waals surface area contributed by atoms with Crippen molar-refractivity contribution >= 4 is 0 Å². The van der Waals surface area contributed by atoms with Crippen LogP contribution in [-0.2, 0) is 79.7 Å². The fourth-order valence-electron chi connectivity index (χ4n) is 0. The molecule has 0 radical (unpaired) electrons. The van der Waals surface area contributed by atoms with Crippen LogP contribution in [0.2, 0.25) is 0 Å². The van der Waals surface area contributed by atoms with E-state index >= 15 is 0 Å². The third-order valence-electron chi connectivity index (χ3n) is 0. The van der Waals surface area contributed by atoms with Gasteiger partial charge in [0.2, 0.25) is 0 Å². The van der Waals surface area contributed by atoms with Crippen LogP contribution in [0.5, 0.6) is 0 Å². The molecule has 0 unspecified atom stereocenters. The van der Waals surface area contributed by atoms with E-state index in [0.717, 1.165) is 0 Å². The van der Waals surface area contributed by atoms with Crippen LogP contribution in [0.1, 0.15) is 0 Å². The van der Waals surface area contributed by atoms with Gasteiger partial charge in [-0.15, -0.1) is 0 Å². The molecule has 0 aromatic carbocycles. The molecule has 0 N–H and O–H groups in total. The molecule has 0 bridgehead atoms. The van der Waals surface area contributed by atoms with Crippen LogP contribution in [0.15, 0.2) is 0 Å². The van der Waals surface area contributed by atoms with Crippen molar-refractivity contribution in [3.05, 3.63) is 0 Å². The van der Waals surface area contributed by atoms with Crippen molar-refractivity contribution in [3.63, 3.8) is 0 Å². The minimum Gasteiger partial charge on any atom is 0 e. The van der Waals surface area contributed by atoms with Crippen LogP contribution in [0, 0.1) is 0 Å². The Balaban J connectivity index is 0. The van der Waals surface area contributed by atoms with Crippen molar-refractivity contribution in [2.24, 2.45) is 0 Å². The van der Waals surface area contributed by atoms with Crippen molar-refractivity contribution in [3.8, 4) is 0 Å². The molecule has 0 heterocycles. The predicted molar refractivity (Wildman–Crippen MR) is 0 cm³/mol. The molecular weight excluding hydrogens is 522 g/mol. The largest absolute Gasteiger partial charge is 0 e. The normalized spacial score (nSPS) is 0. The van der Waals surface area contributed by atoms with Gasteiger partial charge in [-0.25, -0.2) is 0 Å². The third-order valence-corrected chi connectivity index (χ3v) is 0. The topological polar surface area (TPSA) is 0 Å². The van der Waals surface area contributed by atoms with Gasteiger partial charge in [0.25, 0.3) is 0 Å². The van der Waals surface area contributed by atoms with Crippen LogP contribution in [-0.4, -0.2) is 0 Å². The molecule has 0 atom stereocenters. The van der Waals surface area contributed by atoms with E-state index in [1.54, 1.807) is 0 Å². The molecule has 0 aliphatic rings. The first kappa shape index (κ1) is 31.0. The molecule has 0 aromatic rings. The maximum atomic E-state index is 0. The van der Waals surface area contributed by atoms with E-state index in [1.807, 2.05) is 0 Å². The molecule has 0 aromatic heterocycles. The smallest absolute Gasteiger partial charge is 0 e. The molecular formula is MoNiW2. The summed E-state index contributed by atoms with van der Waals surface area (Å²) in [6, 6.07) is 0. The molecule has 4 heavy (non-hydrogen) atoms. The van der Waals surface area contributed by atoms with E-state index in [1.165, 1.54) is 0 Å². The Morgan fingerprint density at radius 2 is 0.750 bits per heavy atom. The molecule has 0 aliphatic heterocycles. The minimum atomic E-state index is 0. The van der Waals surface area contributed by atoms with E-state index in [-0.39, 0.29) is 79.7 Å². The van der Waals surface area contributed by atoms with Gasteiger partial charge in [0.05, 0.1) is 0 Å². The summed E-state index contributed by atoms with van der Waals surface area (Å²) in [4.78, 5) is 0. The zero-order chi connectivity index (χ0) is 0. The van der Waals surface area contributed by atoms with Gasteiger partial charge in [-0.05, 0) is 0 Å². The van der Waals surface area contributed by atoms with Gasteiger partial charge in [0, 0.05) is 79.7 Å². The molecule has 0 aliphatic carbocycles. The van der Waals surface area contributed by atoms with Crippen molar-refractivity contribution in [1.29, 1.82) is 0 Å². The van der Waals surface area contributed by atoms with E-state index in [4.69, 9.17) is 0 Å². The van der Waals surface area contributed by atoms with Gasteiger partial charge < -0.3 is 0 Å². The molecule has 0 fully saturated rings. The molecule has 0 saturated carbocycles. The van der Waals surface area contributed by atoms with Crippen molar-refractivity contribution in [2.45, 2.75) is 0 Å². The molecule has 0 rings (SSSR count). The molecule has 4 heteroatoms. The Kier molecular flexibility index (Phi) is 137. The Morgan fingerprint density at radius 1 is 0.750 bits per heavy atom. The number of rotatable bonds is 0. The third kappa shape index (κ3) is 8.82. The second-order valence-electron chi connectivity index (χ2n) is 0. The van der Waals surface area contributed by atoms with Gasteiger partial charge in [-0.2, -0.15) is 0 Å². The number of hydrogen-bond acceptors (Lipinski definition) is 0. The average molecular weight is 522 g/mol. The molecule has 28 valence electrons. The van der Waals surface area contributed by atoms with Gasteiger partial charge in [-0.3, -0.25) is 0 Å². The van der Waals surface area contributed by atoms with Gasteiger partial charge in [0.1, 0.15) is 0 Å². The standard InChI is InChI=1S/Mo.Ni.2W. The first-order valence-corrected chi connectivity index (χ1v) is 0. The summed E-state index contributed by atoms with van der Waals surface area (Å²) >= 11 is 0. The quantitative estimate of drug-likeness (QED) is 0.393. The van der Waals surface area contributed by atoms with E-state index in [2.05, 4.69) is 0 Å². The fourth-order valence-corrected chi connectivity index (χ4v) is 0. The Labute approximate surface area is 78.6 Å². The summed E-state index contributed by atoms with van der Waals surface area (Å²) in [6.07, 6.45) is 0. The zero-order valence-electron chi connectivity index (χ0n) is 1.54. The minimum absolute atomic E-state index is 0. The first-order valence-electron chi connectivity index (χ1n) is 0. The molecule has 0 amide bonds. The first-order chi connectivity index (χ1) is 0. The Morgan fingerprint density at radius 3 is 0.750 bits per heavy atom. The van der Waals surface area contributed by atoms with E-state index in [0.29, 0.717) is 0 Å². The fraction of sp³-hybridized carbons (Fsp3) is 0. The van der Waals surface area contributed by atoms with E-state index < -0.39 is 0 Å². The summed E-state index contributed by atoms with van der Waals surface area (Å²) in [5, 5.41) is 0. The maximum absolute atomic E-state index is 0. The molecule has 0 saturated heterocycles. The molecule has 0 spiro atoms. The summed E-state index contributed by atoms with van der Waals surface area (Å²) in [6.45, 7) is 0. The second-order valence-corrected chi connectivity index (χ2v) is 0. The Bertz CT molecular complexity index is 6.00. The summed E-state index contributed by atoms with van der Waals surface area (Å²) < 4.78 is 0.